The van der Waals surface area contributed by atoms with Gasteiger partial charge in [0, 0.05) is 16.9 Å². The standard InChI is InChI=1S/C15H13BrN2O/c1-18-15-8-3-2-7-13(15)14(17-18)10-19-12-6-4-5-11(16)9-12/h2-9H,10H2,1H3. The first-order valence-electron chi connectivity index (χ1n) is 6.03. The number of hydrogen-bond acceptors (Lipinski definition) is 2. The van der Waals surface area contributed by atoms with Gasteiger partial charge >= 0.3 is 0 Å². The number of halogens is 1. The van der Waals surface area contributed by atoms with E-state index in [0.717, 1.165) is 26.8 Å². The summed E-state index contributed by atoms with van der Waals surface area (Å²) in [5.74, 6) is 0.837. The Balaban J connectivity index is 1.86. The number of para-hydroxylation sites is 1. The molecular weight excluding hydrogens is 304 g/mol. The maximum atomic E-state index is 5.79. The van der Waals surface area contributed by atoms with Crippen molar-refractivity contribution < 1.29 is 4.74 Å². The highest BCUT2D eigenvalue weighted by atomic mass is 79.9. The average Bonchev–Trinajstić information content (AvgIpc) is 2.74. The molecule has 0 atom stereocenters. The highest BCUT2D eigenvalue weighted by Crippen LogP contribution is 2.21. The Morgan fingerprint density at radius 3 is 2.84 bits per heavy atom. The fourth-order valence-electron chi connectivity index (χ4n) is 2.10. The van der Waals surface area contributed by atoms with Gasteiger partial charge < -0.3 is 4.74 Å². The summed E-state index contributed by atoms with van der Waals surface area (Å²) in [6.07, 6.45) is 0. The second-order valence-corrected chi connectivity index (χ2v) is 5.25. The van der Waals surface area contributed by atoms with Gasteiger partial charge in [-0.05, 0) is 24.3 Å². The molecule has 0 saturated carbocycles. The van der Waals surface area contributed by atoms with E-state index in [2.05, 4.69) is 33.2 Å². The highest BCUT2D eigenvalue weighted by molar-refractivity contribution is 9.10. The molecule has 0 saturated heterocycles. The van der Waals surface area contributed by atoms with Crippen LogP contribution >= 0.6 is 15.9 Å². The molecule has 0 aliphatic rings. The summed E-state index contributed by atoms with van der Waals surface area (Å²) in [5, 5.41) is 5.65. The molecule has 0 radical (unpaired) electrons. The number of aromatic nitrogens is 2. The third-order valence-corrected chi connectivity index (χ3v) is 3.50. The molecule has 3 nitrogen and oxygen atoms in total. The Bertz CT molecular complexity index is 721. The van der Waals surface area contributed by atoms with Gasteiger partial charge in [-0.15, -0.1) is 0 Å². The van der Waals surface area contributed by atoms with Crippen LogP contribution in [0.5, 0.6) is 5.75 Å². The van der Waals surface area contributed by atoms with Crippen LogP contribution in [0.3, 0.4) is 0 Å². The Morgan fingerprint density at radius 2 is 2.00 bits per heavy atom. The van der Waals surface area contributed by atoms with Crippen LogP contribution in [0.15, 0.2) is 53.0 Å². The van der Waals surface area contributed by atoms with Crippen LogP contribution in [-0.2, 0) is 13.7 Å². The summed E-state index contributed by atoms with van der Waals surface area (Å²) >= 11 is 3.43. The van der Waals surface area contributed by atoms with Gasteiger partial charge in [-0.25, -0.2) is 0 Å². The van der Waals surface area contributed by atoms with E-state index < -0.39 is 0 Å². The Morgan fingerprint density at radius 1 is 1.16 bits per heavy atom. The zero-order valence-electron chi connectivity index (χ0n) is 10.5. The fraction of sp³-hybridized carbons (Fsp3) is 0.133. The van der Waals surface area contributed by atoms with Gasteiger partial charge in [-0.3, -0.25) is 4.68 Å². The monoisotopic (exact) mass is 316 g/mol. The number of hydrogen-bond donors (Lipinski definition) is 0. The van der Waals surface area contributed by atoms with Gasteiger partial charge in [0.25, 0.3) is 0 Å². The van der Waals surface area contributed by atoms with Crippen molar-refractivity contribution in [3.05, 3.63) is 58.7 Å². The molecule has 0 bridgehead atoms. The molecule has 0 aliphatic carbocycles. The van der Waals surface area contributed by atoms with E-state index in [1.165, 1.54) is 0 Å². The zero-order chi connectivity index (χ0) is 13.2. The second-order valence-electron chi connectivity index (χ2n) is 4.33. The van der Waals surface area contributed by atoms with E-state index in [-0.39, 0.29) is 0 Å². The van der Waals surface area contributed by atoms with E-state index in [1.54, 1.807) is 0 Å². The van der Waals surface area contributed by atoms with Crippen molar-refractivity contribution >= 4 is 26.8 Å². The van der Waals surface area contributed by atoms with Gasteiger partial charge in [-0.2, -0.15) is 5.10 Å². The number of nitrogens with zero attached hydrogens (tertiary/aromatic N) is 2. The molecule has 3 rings (SSSR count). The Labute approximate surface area is 119 Å². The van der Waals surface area contributed by atoms with Gasteiger partial charge in [-0.1, -0.05) is 40.2 Å². The minimum absolute atomic E-state index is 0.470. The van der Waals surface area contributed by atoms with Crippen LogP contribution in [0.25, 0.3) is 10.9 Å². The highest BCUT2D eigenvalue weighted by Gasteiger charge is 2.08. The number of aryl methyl sites for hydroxylation is 1. The topological polar surface area (TPSA) is 27.1 Å². The summed E-state index contributed by atoms with van der Waals surface area (Å²) in [6, 6.07) is 16.0. The lowest BCUT2D eigenvalue weighted by Gasteiger charge is -2.04. The van der Waals surface area contributed by atoms with Crippen LogP contribution in [0.4, 0.5) is 0 Å². The lowest BCUT2D eigenvalue weighted by molar-refractivity contribution is 0.301. The van der Waals surface area contributed by atoms with E-state index in [0.29, 0.717) is 6.61 Å². The summed E-state index contributed by atoms with van der Waals surface area (Å²) in [7, 11) is 1.95. The molecule has 1 heterocycles. The molecule has 0 aliphatic heterocycles. The van der Waals surface area contributed by atoms with Crippen LogP contribution in [0.2, 0.25) is 0 Å². The molecular formula is C15H13BrN2O. The van der Waals surface area contributed by atoms with Crippen molar-refractivity contribution in [3.8, 4) is 5.75 Å². The molecule has 96 valence electrons. The van der Waals surface area contributed by atoms with E-state index in [1.807, 2.05) is 48.1 Å². The maximum Gasteiger partial charge on any atom is 0.133 e. The molecule has 0 unspecified atom stereocenters. The minimum atomic E-state index is 0.470. The number of rotatable bonds is 3. The van der Waals surface area contributed by atoms with E-state index in [9.17, 15) is 0 Å². The quantitative estimate of drug-likeness (QED) is 0.732. The normalized spacial score (nSPS) is 10.8. The first-order valence-corrected chi connectivity index (χ1v) is 6.82. The van der Waals surface area contributed by atoms with Crippen molar-refractivity contribution in [1.29, 1.82) is 0 Å². The maximum absolute atomic E-state index is 5.79. The van der Waals surface area contributed by atoms with Crippen LogP contribution < -0.4 is 4.74 Å². The molecule has 0 spiro atoms. The fourth-order valence-corrected chi connectivity index (χ4v) is 2.48. The zero-order valence-corrected chi connectivity index (χ0v) is 12.1. The summed E-state index contributed by atoms with van der Waals surface area (Å²) in [4.78, 5) is 0. The third-order valence-electron chi connectivity index (χ3n) is 3.01. The van der Waals surface area contributed by atoms with Gasteiger partial charge in [0.2, 0.25) is 0 Å². The van der Waals surface area contributed by atoms with Gasteiger partial charge in [0.05, 0.1) is 5.52 Å². The number of benzene rings is 2. The molecule has 0 amide bonds. The predicted octanol–water partition coefficient (Wildman–Crippen LogP) is 3.91. The number of ether oxygens (including phenoxy) is 1. The van der Waals surface area contributed by atoms with Crippen LogP contribution in [0.1, 0.15) is 5.69 Å². The summed E-state index contributed by atoms with van der Waals surface area (Å²) in [6.45, 7) is 0.470. The Hall–Kier alpha value is -1.81. The van der Waals surface area contributed by atoms with Crippen molar-refractivity contribution in [2.45, 2.75) is 6.61 Å². The Kier molecular flexibility index (Phi) is 3.25. The summed E-state index contributed by atoms with van der Waals surface area (Å²) < 4.78 is 8.68. The predicted molar refractivity (Wildman–Crippen MR) is 79.2 cm³/mol. The average molecular weight is 317 g/mol. The van der Waals surface area contributed by atoms with Gasteiger partial charge in [0.1, 0.15) is 18.1 Å². The third kappa shape index (κ3) is 2.49. The molecule has 0 N–H and O–H groups in total. The minimum Gasteiger partial charge on any atom is -0.487 e. The van der Waals surface area contributed by atoms with Crippen molar-refractivity contribution in [2.24, 2.45) is 7.05 Å². The second kappa shape index (κ2) is 5.05. The molecule has 1 aromatic heterocycles. The van der Waals surface area contributed by atoms with Crippen molar-refractivity contribution in [3.63, 3.8) is 0 Å². The first-order chi connectivity index (χ1) is 9.24. The largest absolute Gasteiger partial charge is 0.487 e. The first kappa shape index (κ1) is 12.2. The molecule has 4 heteroatoms. The SMILES string of the molecule is Cn1nc(COc2cccc(Br)c2)c2ccccc21. The molecule has 3 aromatic rings. The van der Waals surface area contributed by atoms with Gasteiger partial charge in [0.15, 0.2) is 0 Å². The summed E-state index contributed by atoms with van der Waals surface area (Å²) in [5.41, 5.74) is 2.08. The molecule has 2 aromatic carbocycles. The van der Waals surface area contributed by atoms with Crippen LogP contribution in [0, 0.1) is 0 Å². The molecule has 0 fully saturated rings. The molecule has 19 heavy (non-hydrogen) atoms. The van der Waals surface area contributed by atoms with E-state index in [4.69, 9.17) is 4.74 Å². The van der Waals surface area contributed by atoms with Crippen molar-refractivity contribution in [2.75, 3.05) is 0 Å². The van der Waals surface area contributed by atoms with Crippen molar-refractivity contribution in [1.82, 2.24) is 9.78 Å². The number of fused-ring (bicyclic) bond motifs is 1. The lowest BCUT2D eigenvalue weighted by atomic mass is 10.2. The lowest BCUT2D eigenvalue weighted by Crippen LogP contribution is -1.98. The van der Waals surface area contributed by atoms with E-state index >= 15 is 0 Å². The smallest absolute Gasteiger partial charge is 0.133 e. The van der Waals surface area contributed by atoms with Crippen LogP contribution in [-0.4, -0.2) is 9.78 Å².